The zero-order valence-electron chi connectivity index (χ0n) is 12.1. The van der Waals surface area contributed by atoms with Crippen LogP contribution in [-0.4, -0.2) is 38.9 Å². The number of hydrogen-bond donors (Lipinski definition) is 1. The van der Waals surface area contributed by atoms with E-state index in [0.29, 0.717) is 0 Å². The molecule has 2 rings (SSSR count). The molecule has 6 heteroatoms. The molecule has 0 bridgehead atoms. The van der Waals surface area contributed by atoms with Crippen LogP contribution in [0.4, 0.5) is 0 Å². The number of benzene rings is 1. The van der Waals surface area contributed by atoms with E-state index in [1.807, 2.05) is 31.2 Å². The maximum atomic E-state index is 11.8. The maximum absolute atomic E-state index is 11.8. The van der Waals surface area contributed by atoms with Crippen molar-refractivity contribution >= 4 is 22.0 Å². The Balaban J connectivity index is 1.89. The molecule has 1 fully saturated rings. The van der Waals surface area contributed by atoms with Crippen LogP contribution in [0.25, 0.3) is 6.08 Å². The summed E-state index contributed by atoms with van der Waals surface area (Å²) >= 11 is 0. The summed E-state index contributed by atoms with van der Waals surface area (Å²) in [5.74, 6) is -0.167. The lowest BCUT2D eigenvalue weighted by Gasteiger charge is -2.14. The predicted molar refractivity (Wildman–Crippen MR) is 82.9 cm³/mol. The van der Waals surface area contributed by atoms with Crippen molar-refractivity contribution in [2.24, 2.45) is 0 Å². The number of nitrogens with one attached hydrogen (secondary N) is 1. The first-order valence-corrected chi connectivity index (χ1v) is 8.53. The largest absolute Gasteiger partial charge is 0.342 e. The van der Waals surface area contributed by atoms with Crippen molar-refractivity contribution in [3.8, 4) is 0 Å². The molecule has 114 valence electrons. The summed E-state index contributed by atoms with van der Waals surface area (Å²) < 4.78 is 26.0. The highest BCUT2D eigenvalue weighted by Gasteiger charge is 2.18. The minimum Gasteiger partial charge on any atom is -0.342 e. The van der Waals surface area contributed by atoms with E-state index in [-0.39, 0.29) is 12.5 Å². The van der Waals surface area contributed by atoms with Crippen molar-refractivity contribution in [3.05, 3.63) is 40.8 Å². The molecule has 1 heterocycles. The molecule has 5 nitrogen and oxygen atoms in total. The van der Waals surface area contributed by atoms with Gasteiger partial charge < -0.3 is 4.90 Å². The second-order valence-electron chi connectivity index (χ2n) is 5.17. The summed E-state index contributed by atoms with van der Waals surface area (Å²) in [6, 6.07) is 7.51. The van der Waals surface area contributed by atoms with Crippen LogP contribution in [0, 0.1) is 6.92 Å². The Labute approximate surface area is 125 Å². The highest BCUT2D eigenvalue weighted by atomic mass is 32.2. The summed E-state index contributed by atoms with van der Waals surface area (Å²) in [7, 11) is -3.59. The lowest BCUT2D eigenvalue weighted by atomic mass is 10.2. The van der Waals surface area contributed by atoms with Gasteiger partial charge in [-0.25, -0.2) is 13.1 Å². The lowest BCUT2D eigenvalue weighted by Crippen LogP contribution is -2.37. The van der Waals surface area contributed by atoms with Crippen LogP contribution in [-0.2, 0) is 14.8 Å². The van der Waals surface area contributed by atoms with Crippen molar-refractivity contribution < 1.29 is 13.2 Å². The smallest absolute Gasteiger partial charge is 0.237 e. The number of aryl methyl sites for hydroxylation is 1. The molecule has 1 N–H and O–H groups in total. The van der Waals surface area contributed by atoms with Gasteiger partial charge in [0.05, 0.1) is 6.54 Å². The number of amides is 1. The van der Waals surface area contributed by atoms with E-state index in [0.717, 1.165) is 42.5 Å². The van der Waals surface area contributed by atoms with Gasteiger partial charge in [-0.1, -0.05) is 29.8 Å². The van der Waals surface area contributed by atoms with Crippen molar-refractivity contribution in [2.45, 2.75) is 19.8 Å². The van der Waals surface area contributed by atoms with Gasteiger partial charge in [0.15, 0.2) is 0 Å². The van der Waals surface area contributed by atoms with E-state index >= 15 is 0 Å². The predicted octanol–water partition coefficient (Wildman–Crippen LogP) is 1.51. The van der Waals surface area contributed by atoms with Gasteiger partial charge in [0.1, 0.15) is 0 Å². The SMILES string of the molecule is Cc1ccc(/C=C/S(=O)(=O)NCC(=O)N2CCCC2)cc1. The summed E-state index contributed by atoms with van der Waals surface area (Å²) in [5, 5.41) is 1.09. The minimum absolute atomic E-state index is 0.167. The van der Waals surface area contributed by atoms with E-state index in [4.69, 9.17) is 0 Å². The molecular weight excluding hydrogens is 288 g/mol. The zero-order chi connectivity index (χ0) is 15.3. The van der Waals surface area contributed by atoms with Crippen LogP contribution < -0.4 is 4.72 Å². The minimum atomic E-state index is -3.59. The maximum Gasteiger partial charge on any atom is 0.237 e. The average Bonchev–Trinajstić information content (AvgIpc) is 2.99. The Hall–Kier alpha value is -1.66. The van der Waals surface area contributed by atoms with Gasteiger partial charge in [-0.3, -0.25) is 4.79 Å². The summed E-state index contributed by atoms with van der Waals surface area (Å²) in [4.78, 5) is 13.5. The first-order chi connectivity index (χ1) is 9.96. The Kier molecular flexibility index (Phi) is 5.14. The summed E-state index contributed by atoms with van der Waals surface area (Å²) in [6.07, 6.45) is 3.50. The molecule has 0 spiro atoms. The molecule has 21 heavy (non-hydrogen) atoms. The fraction of sp³-hybridized carbons (Fsp3) is 0.400. The number of carbonyl (C=O) groups excluding carboxylic acids is 1. The molecule has 0 radical (unpaired) electrons. The molecule has 1 aliphatic heterocycles. The summed E-state index contributed by atoms with van der Waals surface area (Å²) in [6.45, 7) is 3.23. The van der Waals surface area contributed by atoms with Crippen LogP contribution in [0.3, 0.4) is 0 Å². The Morgan fingerprint density at radius 1 is 1.24 bits per heavy atom. The Morgan fingerprint density at radius 3 is 2.48 bits per heavy atom. The third-order valence-corrected chi connectivity index (χ3v) is 4.44. The molecule has 1 amide bonds. The lowest BCUT2D eigenvalue weighted by molar-refractivity contribution is -0.128. The zero-order valence-corrected chi connectivity index (χ0v) is 12.9. The van der Waals surface area contributed by atoms with E-state index in [2.05, 4.69) is 4.72 Å². The first-order valence-electron chi connectivity index (χ1n) is 6.98. The van der Waals surface area contributed by atoms with Gasteiger partial charge in [0.25, 0.3) is 0 Å². The van der Waals surface area contributed by atoms with Gasteiger partial charge >= 0.3 is 0 Å². The van der Waals surface area contributed by atoms with Crippen LogP contribution >= 0.6 is 0 Å². The summed E-state index contributed by atoms with van der Waals surface area (Å²) in [5.41, 5.74) is 1.92. The van der Waals surface area contributed by atoms with Gasteiger partial charge in [-0.05, 0) is 31.4 Å². The third-order valence-electron chi connectivity index (χ3n) is 3.40. The molecule has 0 aromatic heterocycles. The van der Waals surface area contributed by atoms with Crippen LogP contribution in [0.2, 0.25) is 0 Å². The molecular formula is C15H20N2O3S. The number of carbonyl (C=O) groups is 1. The van der Waals surface area contributed by atoms with Crippen LogP contribution in [0.15, 0.2) is 29.7 Å². The number of sulfonamides is 1. The second kappa shape index (κ2) is 6.87. The third kappa shape index (κ3) is 4.99. The number of nitrogens with zero attached hydrogens (tertiary/aromatic N) is 1. The molecule has 1 aliphatic rings. The van der Waals surface area contributed by atoms with Gasteiger partial charge in [-0.2, -0.15) is 0 Å². The average molecular weight is 308 g/mol. The number of hydrogen-bond acceptors (Lipinski definition) is 3. The van der Waals surface area contributed by atoms with Crippen molar-refractivity contribution in [2.75, 3.05) is 19.6 Å². The van der Waals surface area contributed by atoms with Gasteiger partial charge in [0, 0.05) is 18.5 Å². The molecule has 1 aromatic rings. The first kappa shape index (κ1) is 15.7. The Morgan fingerprint density at radius 2 is 1.86 bits per heavy atom. The topological polar surface area (TPSA) is 66.5 Å². The van der Waals surface area contributed by atoms with Crippen molar-refractivity contribution in [1.82, 2.24) is 9.62 Å². The van der Waals surface area contributed by atoms with E-state index in [1.54, 1.807) is 4.90 Å². The Bertz CT molecular complexity index is 615. The quantitative estimate of drug-likeness (QED) is 0.896. The fourth-order valence-corrected chi connectivity index (χ4v) is 2.89. The number of likely N-dealkylation sites (tertiary alicyclic amines) is 1. The van der Waals surface area contributed by atoms with E-state index in [9.17, 15) is 13.2 Å². The van der Waals surface area contributed by atoms with Gasteiger partial charge in [-0.15, -0.1) is 0 Å². The monoisotopic (exact) mass is 308 g/mol. The molecule has 0 unspecified atom stereocenters. The molecule has 0 saturated carbocycles. The normalized spacial score (nSPS) is 15.8. The highest BCUT2D eigenvalue weighted by Crippen LogP contribution is 2.08. The molecule has 0 atom stereocenters. The molecule has 0 aliphatic carbocycles. The molecule has 1 saturated heterocycles. The highest BCUT2D eigenvalue weighted by molar-refractivity contribution is 7.92. The molecule has 1 aromatic carbocycles. The van der Waals surface area contributed by atoms with Crippen LogP contribution in [0.1, 0.15) is 24.0 Å². The van der Waals surface area contributed by atoms with E-state index < -0.39 is 10.0 Å². The fourth-order valence-electron chi connectivity index (χ4n) is 2.13. The van der Waals surface area contributed by atoms with Crippen molar-refractivity contribution in [3.63, 3.8) is 0 Å². The number of rotatable bonds is 5. The van der Waals surface area contributed by atoms with Gasteiger partial charge in [0.2, 0.25) is 15.9 Å². The van der Waals surface area contributed by atoms with Crippen LogP contribution in [0.5, 0.6) is 0 Å². The second-order valence-corrected chi connectivity index (χ2v) is 6.82. The standard InChI is InChI=1S/C15H20N2O3S/c1-13-4-6-14(7-5-13)8-11-21(19,20)16-12-15(18)17-9-2-3-10-17/h4-8,11,16H,2-3,9-10,12H2,1H3/b11-8+. The van der Waals surface area contributed by atoms with E-state index in [1.165, 1.54) is 6.08 Å². The van der Waals surface area contributed by atoms with Crippen molar-refractivity contribution in [1.29, 1.82) is 0 Å².